The zero-order chi connectivity index (χ0) is 12.4. The Morgan fingerprint density at radius 1 is 1.53 bits per heavy atom. The van der Waals surface area contributed by atoms with Crippen LogP contribution in [0.3, 0.4) is 0 Å². The fourth-order valence-electron chi connectivity index (χ4n) is 2.28. The van der Waals surface area contributed by atoms with Crippen molar-refractivity contribution in [1.82, 2.24) is 15.2 Å². The van der Waals surface area contributed by atoms with Gasteiger partial charge in [0.25, 0.3) is 0 Å². The van der Waals surface area contributed by atoms with Crippen LogP contribution < -0.4 is 11.3 Å². The zero-order valence-corrected chi connectivity index (χ0v) is 11.3. The second-order valence-electron chi connectivity index (χ2n) is 4.69. The predicted molar refractivity (Wildman–Crippen MR) is 69.8 cm³/mol. The second kappa shape index (κ2) is 5.38. The minimum Gasteiger partial charge on any atom is -0.271 e. The van der Waals surface area contributed by atoms with Gasteiger partial charge < -0.3 is 0 Å². The van der Waals surface area contributed by atoms with E-state index in [1.165, 1.54) is 12.8 Å². The van der Waals surface area contributed by atoms with E-state index in [4.69, 9.17) is 17.4 Å². The van der Waals surface area contributed by atoms with Crippen LogP contribution in [0.5, 0.6) is 0 Å². The van der Waals surface area contributed by atoms with Gasteiger partial charge in [-0.1, -0.05) is 18.5 Å². The van der Waals surface area contributed by atoms with E-state index >= 15 is 0 Å². The number of aryl methyl sites for hydroxylation is 2. The maximum atomic E-state index is 6.38. The van der Waals surface area contributed by atoms with E-state index in [0.29, 0.717) is 12.0 Å². The first kappa shape index (κ1) is 12.9. The lowest BCUT2D eigenvalue weighted by Crippen LogP contribution is -2.39. The van der Waals surface area contributed by atoms with Gasteiger partial charge in [-0.25, -0.2) is 0 Å². The highest BCUT2D eigenvalue weighted by molar-refractivity contribution is 6.31. The van der Waals surface area contributed by atoms with E-state index in [-0.39, 0.29) is 0 Å². The normalized spacial score (nSPS) is 17.4. The summed E-state index contributed by atoms with van der Waals surface area (Å²) < 4.78 is 2.01. The van der Waals surface area contributed by atoms with Crippen molar-refractivity contribution in [2.24, 2.45) is 11.8 Å². The van der Waals surface area contributed by atoms with Gasteiger partial charge in [-0.2, -0.15) is 5.10 Å². The molecule has 1 heterocycles. The first-order chi connectivity index (χ1) is 8.21. The van der Waals surface area contributed by atoms with Crippen LogP contribution >= 0.6 is 11.6 Å². The van der Waals surface area contributed by atoms with Gasteiger partial charge in [-0.3, -0.25) is 16.0 Å². The van der Waals surface area contributed by atoms with Gasteiger partial charge in [-0.15, -0.1) is 0 Å². The largest absolute Gasteiger partial charge is 0.271 e. The van der Waals surface area contributed by atoms with Crippen molar-refractivity contribution in [3.05, 3.63) is 16.4 Å². The Kier molecular flexibility index (Phi) is 4.07. The average molecular weight is 257 g/mol. The zero-order valence-electron chi connectivity index (χ0n) is 10.5. The Balaban J connectivity index is 2.20. The van der Waals surface area contributed by atoms with Gasteiger partial charge in [0.15, 0.2) is 0 Å². The summed E-state index contributed by atoms with van der Waals surface area (Å²) in [7, 11) is 0. The number of hydrogen-bond donors (Lipinski definition) is 2. The van der Waals surface area contributed by atoms with E-state index in [1.807, 2.05) is 4.68 Å². The van der Waals surface area contributed by atoms with Crippen LogP contribution in [0.1, 0.15) is 38.1 Å². The van der Waals surface area contributed by atoms with Gasteiger partial charge in [0.2, 0.25) is 0 Å². The van der Waals surface area contributed by atoms with Gasteiger partial charge in [0, 0.05) is 19.0 Å². The minimum absolute atomic E-state index is 0.333. The maximum absolute atomic E-state index is 6.38. The number of nitrogens with two attached hydrogens (primary N) is 1. The van der Waals surface area contributed by atoms with Gasteiger partial charge in [-0.05, 0) is 32.1 Å². The van der Waals surface area contributed by atoms with Crippen molar-refractivity contribution in [3.63, 3.8) is 0 Å². The quantitative estimate of drug-likeness (QED) is 0.604. The van der Waals surface area contributed by atoms with Crippen molar-refractivity contribution in [3.8, 4) is 0 Å². The average Bonchev–Trinajstić information content (AvgIpc) is 3.13. The smallest absolute Gasteiger partial charge is 0.0850 e. The van der Waals surface area contributed by atoms with E-state index in [9.17, 15) is 0 Å². The highest BCUT2D eigenvalue weighted by atomic mass is 35.5. The van der Waals surface area contributed by atoms with Crippen molar-refractivity contribution in [2.75, 3.05) is 0 Å². The molecule has 5 heteroatoms. The molecular weight excluding hydrogens is 236 g/mol. The topological polar surface area (TPSA) is 55.9 Å². The minimum atomic E-state index is 0.333. The third-order valence-corrected chi connectivity index (χ3v) is 3.95. The molecule has 0 aliphatic heterocycles. The molecule has 0 bridgehead atoms. The van der Waals surface area contributed by atoms with E-state index in [1.54, 1.807) is 0 Å². The molecule has 1 fully saturated rings. The maximum Gasteiger partial charge on any atom is 0.0850 e. The number of nitrogens with one attached hydrogen (secondary N) is 1. The van der Waals surface area contributed by atoms with Crippen molar-refractivity contribution in [2.45, 2.75) is 52.1 Å². The molecule has 2 rings (SSSR count). The first-order valence-electron chi connectivity index (χ1n) is 6.41. The van der Waals surface area contributed by atoms with Crippen molar-refractivity contribution < 1.29 is 0 Å². The Morgan fingerprint density at radius 2 is 2.24 bits per heavy atom. The first-order valence-corrected chi connectivity index (χ1v) is 6.79. The molecule has 0 radical (unpaired) electrons. The molecular formula is C12H21ClN4. The Hall–Kier alpha value is -0.580. The molecule has 1 aromatic heterocycles. The lowest BCUT2D eigenvalue weighted by Gasteiger charge is -2.15. The summed E-state index contributed by atoms with van der Waals surface area (Å²) >= 11 is 6.38. The van der Waals surface area contributed by atoms with E-state index in [0.717, 1.165) is 35.8 Å². The van der Waals surface area contributed by atoms with Crippen LogP contribution in [0.25, 0.3) is 0 Å². The van der Waals surface area contributed by atoms with Gasteiger partial charge in [0.1, 0.15) is 0 Å². The molecule has 1 saturated carbocycles. The molecule has 0 aromatic carbocycles. The summed E-state index contributed by atoms with van der Waals surface area (Å²) in [5.74, 6) is 6.33. The van der Waals surface area contributed by atoms with Crippen LogP contribution in [0.15, 0.2) is 0 Å². The number of aromatic nitrogens is 2. The predicted octanol–water partition coefficient (Wildman–Crippen LogP) is 1.90. The van der Waals surface area contributed by atoms with Crippen LogP contribution in [0, 0.1) is 5.92 Å². The standard InChI is InChI=1S/C12H21ClN4/c1-3-9-12(13)11(17(4-2)16-9)7-10(15-14)8-5-6-8/h8,10,15H,3-7,14H2,1-2H3. The highest BCUT2D eigenvalue weighted by Gasteiger charge is 2.32. The molecule has 0 saturated heterocycles. The summed E-state index contributed by atoms with van der Waals surface area (Å²) in [6.07, 6.45) is 4.30. The van der Waals surface area contributed by atoms with Crippen LogP contribution in [-0.4, -0.2) is 15.8 Å². The molecule has 1 aliphatic carbocycles. The van der Waals surface area contributed by atoms with Crippen molar-refractivity contribution in [1.29, 1.82) is 0 Å². The molecule has 96 valence electrons. The monoisotopic (exact) mass is 256 g/mol. The molecule has 4 nitrogen and oxygen atoms in total. The SMILES string of the molecule is CCc1nn(CC)c(CC(NN)C2CC2)c1Cl. The molecule has 1 aliphatic rings. The summed E-state index contributed by atoms with van der Waals surface area (Å²) in [4.78, 5) is 0. The number of halogens is 1. The summed E-state index contributed by atoms with van der Waals surface area (Å²) in [6, 6.07) is 0.333. The van der Waals surface area contributed by atoms with E-state index in [2.05, 4.69) is 24.4 Å². The molecule has 1 aromatic rings. The van der Waals surface area contributed by atoms with Gasteiger partial charge >= 0.3 is 0 Å². The fraction of sp³-hybridized carbons (Fsp3) is 0.750. The third-order valence-electron chi connectivity index (χ3n) is 3.51. The number of hydrazine groups is 1. The molecule has 1 atom stereocenters. The van der Waals surface area contributed by atoms with Gasteiger partial charge in [0.05, 0.1) is 16.4 Å². The Morgan fingerprint density at radius 3 is 2.71 bits per heavy atom. The molecule has 17 heavy (non-hydrogen) atoms. The summed E-state index contributed by atoms with van der Waals surface area (Å²) in [6.45, 7) is 5.03. The van der Waals surface area contributed by atoms with Crippen LogP contribution in [-0.2, 0) is 19.4 Å². The molecule has 3 N–H and O–H groups in total. The number of hydrogen-bond acceptors (Lipinski definition) is 3. The Labute approximate surface area is 107 Å². The fourth-order valence-corrected chi connectivity index (χ4v) is 2.63. The number of nitrogens with zero attached hydrogens (tertiary/aromatic N) is 2. The van der Waals surface area contributed by atoms with Crippen molar-refractivity contribution >= 4 is 11.6 Å². The summed E-state index contributed by atoms with van der Waals surface area (Å²) in [5, 5.41) is 5.36. The molecule has 1 unspecified atom stereocenters. The Bertz CT molecular complexity index is 384. The van der Waals surface area contributed by atoms with E-state index < -0.39 is 0 Å². The lowest BCUT2D eigenvalue weighted by atomic mass is 10.1. The summed E-state index contributed by atoms with van der Waals surface area (Å²) in [5.41, 5.74) is 5.04. The highest BCUT2D eigenvalue weighted by Crippen LogP contribution is 2.35. The van der Waals surface area contributed by atoms with Crippen LogP contribution in [0.2, 0.25) is 5.02 Å². The lowest BCUT2D eigenvalue weighted by molar-refractivity contribution is 0.454. The molecule has 0 spiro atoms. The number of rotatable bonds is 6. The second-order valence-corrected chi connectivity index (χ2v) is 5.07. The molecule has 0 amide bonds. The third kappa shape index (κ3) is 2.64. The van der Waals surface area contributed by atoms with Crippen LogP contribution in [0.4, 0.5) is 0 Å².